The number of hydrogen-bond donors (Lipinski definition) is 3. The Kier molecular flexibility index (Phi) is 11.5. The second kappa shape index (κ2) is 16.5. The van der Waals surface area contributed by atoms with Gasteiger partial charge in [-0.15, -0.1) is 0 Å². The molecule has 5 aromatic carbocycles. The van der Waals surface area contributed by atoms with E-state index in [0.29, 0.717) is 35.8 Å². The summed E-state index contributed by atoms with van der Waals surface area (Å²) in [6, 6.07) is 40.5. The highest BCUT2D eigenvalue weighted by atomic mass is 16.5. The van der Waals surface area contributed by atoms with Crippen molar-refractivity contribution >= 4 is 17.7 Å². The fourth-order valence-electron chi connectivity index (χ4n) is 4.99. The molecule has 47 heavy (non-hydrogen) atoms. The molecular weight excluding hydrogens is 592 g/mol. The van der Waals surface area contributed by atoms with Gasteiger partial charge in [0.25, 0.3) is 5.91 Å². The third-order valence-electron chi connectivity index (χ3n) is 7.50. The standard InChI is InChI=1S/C39H36N2O6/c42-37(31-14-8-3-9-15-31)36(30-12-6-2-7-13-30)40-24-25-46-33-22-18-32(19-23-33)38(43)41-35(39(44)45)26-28-16-20-34(21-17-28)47-27-29-10-4-1-5-11-29/h1-23,35-36,40H,24-27H2,(H,41,43)(H,44,45)/t35-,36?/m0/s1. The van der Waals surface area contributed by atoms with E-state index >= 15 is 0 Å². The van der Waals surface area contributed by atoms with Crippen LogP contribution in [0.1, 0.15) is 43.4 Å². The fourth-order valence-corrected chi connectivity index (χ4v) is 4.99. The lowest BCUT2D eigenvalue weighted by atomic mass is 9.97. The first-order valence-electron chi connectivity index (χ1n) is 15.4. The summed E-state index contributed by atoms with van der Waals surface area (Å²) < 4.78 is 11.7. The Morgan fingerprint density at radius 3 is 1.83 bits per heavy atom. The van der Waals surface area contributed by atoms with E-state index in [-0.39, 0.29) is 18.8 Å². The normalized spacial score (nSPS) is 12.0. The van der Waals surface area contributed by atoms with Gasteiger partial charge in [-0.05, 0) is 53.1 Å². The SMILES string of the molecule is O=C(N[C@@H](Cc1ccc(OCc2ccccc2)cc1)C(=O)O)c1ccc(OCCNC(C(=O)c2ccccc2)c2ccccc2)cc1. The summed E-state index contributed by atoms with van der Waals surface area (Å²) in [4.78, 5) is 38.1. The molecule has 0 aliphatic carbocycles. The number of carboxylic acids is 1. The minimum atomic E-state index is -1.13. The van der Waals surface area contributed by atoms with Crippen LogP contribution in [0.25, 0.3) is 0 Å². The number of carbonyl (C=O) groups excluding carboxylic acids is 2. The third-order valence-corrected chi connectivity index (χ3v) is 7.50. The van der Waals surface area contributed by atoms with Crippen molar-refractivity contribution in [2.45, 2.75) is 25.1 Å². The minimum Gasteiger partial charge on any atom is -0.492 e. The van der Waals surface area contributed by atoms with Crippen molar-refractivity contribution in [3.8, 4) is 11.5 Å². The average Bonchev–Trinajstić information content (AvgIpc) is 3.12. The minimum absolute atomic E-state index is 0.0308. The molecule has 0 saturated carbocycles. The molecule has 0 aliphatic heterocycles. The fraction of sp³-hybridized carbons (Fsp3) is 0.154. The van der Waals surface area contributed by atoms with E-state index in [0.717, 1.165) is 16.7 Å². The number of ketones is 1. The molecule has 2 atom stereocenters. The van der Waals surface area contributed by atoms with Crippen LogP contribution in [0.5, 0.6) is 11.5 Å². The summed E-state index contributed by atoms with van der Waals surface area (Å²) in [7, 11) is 0. The van der Waals surface area contributed by atoms with Crippen LogP contribution in [0.4, 0.5) is 0 Å². The quantitative estimate of drug-likeness (QED) is 0.0870. The van der Waals surface area contributed by atoms with Gasteiger partial charge in [-0.1, -0.05) is 103 Å². The molecule has 0 saturated heterocycles. The smallest absolute Gasteiger partial charge is 0.326 e. The van der Waals surface area contributed by atoms with Crippen molar-refractivity contribution in [3.63, 3.8) is 0 Å². The molecule has 5 aromatic rings. The number of ether oxygens (including phenoxy) is 2. The van der Waals surface area contributed by atoms with Gasteiger partial charge in [0.05, 0.1) is 6.04 Å². The van der Waals surface area contributed by atoms with Gasteiger partial charge >= 0.3 is 5.97 Å². The van der Waals surface area contributed by atoms with Crippen molar-refractivity contribution in [3.05, 3.63) is 167 Å². The van der Waals surface area contributed by atoms with Crippen molar-refractivity contribution in [2.75, 3.05) is 13.2 Å². The van der Waals surface area contributed by atoms with Crippen LogP contribution in [0.2, 0.25) is 0 Å². The molecule has 0 radical (unpaired) electrons. The van der Waals surface area contributed by atoms with Crippen LogP contribution >= 0.6 is 0 Å². The first kappa shape index (κ1) is 32.7. The maximum absolute atomic E-state index is 13.2. The Bertz CT molecular complexity index is 1730. The average molecular weight is 629 g/mol. The highest BCUT2D eigenvalue weighted by Crippen LogP contribution is 2.19. The van der Waals surface area contributed by atoms with Crippen LogP contribution in [0, 0.1) is 0 Å². The van der Waals surface area contributed by atoms with Gasteiger partial charge in [-0.2, -0.15) is 0 Å². The summed E-state index contributed by atoms with van der Waals surface area (Å²) in [6.07, 6.45) is 0.116. The van der Waals surface area contributed by atoms with Gasteiger partial charge in [0.15, 0.2) is 5.78 Å². The monoisotopic (exact) mass is 628 g/mol. The van der Waals surface area contributed by atoms with E-state index in [1.165, 1.54) is 0 Å². The highest BCUT2D eigenvalue weighted by Gasteiger charge is 2.22. The Balaban J connectivity index is 1.10. The third kappa shape index (κ3) is 9.63. The molecule has 8 nitrogen and oxygen atoms in total. The van der Waals surface area contributed by atoms with Crippen molar-refractivity contribution < 1.29 is 29.0 Å². The lowest BCUT2D eigenvalue weighted by molar-refractivity contribution is -0.139. The molecule has 0 spiro atoms. The van der Waals surface area contributed by atoms with Crippen LogP contribution in [0.15, 0.2) is 140 Å². The molecular formula is C39H36N2O6. The van der Waals surface area contributed by atoms with Crippen molar-refractivity contribution in [2.24, 2.45) is 0 Å². The van der Waals surface area contributed by atoms with Crippen molar-refractivity contribution in [1.29, 1.82) is 0 Å². The van der Waals surface area contributed by atoms with E-state index in [1.54, 1.807) is 60.7 Å². The lowest BCUT2D eigenvalue weighted by Crippen LogP contribution is -2.42. The number of Topliss-reactive ketones (excluding diaryl/α,β-unsaturated/α-hetero) is 1. The summed E-state index contributed by atoms with van der Waals surface area (Å²) in [5.41, 5.74) is 3.59. The lowest BCUT2D eigenvalue weighted by Gasteiger charge is -2.18. The van der Waals surface area contributed by atoms with E-state index < -0.39 is 24.0 Å². The molecule has 3 N–H and O–H groups in total. The van der Waals surface area contributed by atoms with Gasteiger partial charge in [0.1, 0.15) is 30.8 Å². The second-order valence-corrected chi connectivity index (χ2v) is 10.9. The summed E-state index contributed by atoms with van der Waals surface area (Å²) >= 11 is 0. The molecule has 5 rings (SSSR count). The Hall–Kier alpha value is -5.73. The molecule has 0 bridgehead atoms. The number of benzene rings is 5. The summed E-state index contributed by atoms with van der Waals surface area (Å²) in [5.74, 6) is -0.452. The number of hydrogen-bond acceptors (Lipinski definition) is 6. The molecule has 8 heteroatoms. The molecule has 0 fully saturated rings. The maximum atomic E-state index is 13.2. The van der Waals surface area contributed by atoms with Gasteiger partial charge in [-0.25, -0.2) is 4.79 Å². The maximum Gasteiger partial charge on any atom is 0.326 e. The summed E-state index contributed by atoms with van der Waals surface area (Å²) in [6.45, 7) is 1.12. The first-order valence-corrected chi connectivity index (χ1v) is 15.4. The zero-order valence-corrected chi connectivity index (χ0v) is 25.8. The predicted octanol–water partition coefficient (Wildman–Crippen LogP) is 6.28. The van der Waals surface area contributed by atoms with Gasteiger partial charge in [0, 0.05) is 24.1 Å². The molecule has 238 valence electrons. The van der Waals surface area contributed by atoms with Gasteiger partial charge in [0.2, 0.25) is 0 Å². The van der Waals surface area contributed by atoms with Gasteiger partial charge < -0.3 is 25.2 Å². The van der Waals surface area contributed by atoms with Crippen molar-refractivity contribution in [1.82, 2.24) is 10.6 Å². The van der Waals surface area contributed by atoms with E-state index in [4.69, 9.17) is 9.47 Å². The first-order chi connectivity index (χ1) is 23.0. The molecule has 1 amide bonds. The van der Waals surface area contributed by atoms with Crippen LogP contribution in [-0.2, 0) is 17.8 Å². The Labute approximate surface area is 274 Å². The molecule has 1 unspecified atom stereocenters. The van der Waals surface area contributed by atoms with E-state index in [2.05, 4.69) is 10.6 Å². The Morgan fingerprint density at radius 2 is 1.19 bits per heavy atom. The number of aliphatic carboxylic acids is 1. The zero-order chi connectivity index (χ0) is 32.8. The number of carboxylic acid groups (broad SMARTS) is 1. The predicted molar refractivity (Wildman–Crippen MR) is 180 cm³/mol. The number of nitrogens with one attached hydrogen (secondary N) is 2. The second-order valence-electron chi connectivity index (χ2n) is 10.9. The molecule has 0 aliphatic rings. The zero-order valence-electron chi connectivity index (χ0n) is 25.8. The van der Waals surface area contributed by atoms with Gasteiger partial charge in [-0.3, -0.25) is 9.59 Å². The molecule has 0 aromatic heterocycles. The van der Waals surface area contributed by atoms with E-state index in [1.807, 2.05) is 78.9 Å². The van der Waals surface area contributed by atoms with E-state index in [9.17, 15) is 19.5 Å². The molecule has 0 heterocycles. The topological polar surface area (TPSA) is 114 Å². The van der Waals surface area contributed by atoms with Crippen LogP contribution in [0.3, 0.4) is 0 Å². The van der Waals surface area contributed by atoms with Crippen LogP contribution < -0.4 is 20.1 Å². The number of amides is 1. The largest absolute Gasteiger partial charge is 0.492 e. The number of rotatable bonds is 16. The number of carbonyl (C=O) groups is 3. The van der Waals surface area contributed by atoms with Crippen LogP contribution in [-0.4, -0.2) is 42.0 Å². The highest BCUT2D eigenvalue weighted by molar-refractivity contribution is 6.00. The summed E-state index contributed by atoms with van der Waals surface area (Å²) in [5, 5.41) is 15.7. The Morgan fingerprint density at radius 1 is 0.617 bits per heavy atom.